The van der Waals surface area contributed by atoms with Crippen LogP contribution in [0.25, 0.3) is 11.3 Å². The van der Waals surface area contributed by atoms with Crippen LogP contribution < -0.4 is 4.74 Å². The molecule has 106 valence electrons. The van der Waals surface area contributed by atoms with Crippen molar-refractivity contribution in [2.75, 3.05) is 6.61 Å². The van der Waals surface area contributed by atoms with Gasteiger partial charge in [-0.25, -0.2) is 4.39 Å². The number of benzene rings is 1. The minimum atomic E-state index is -0.301. The van der Waals surface area contributed by atoms with Crippen molar-refractivity contribution in [1.82, 2.24) is 4.98 Å². The van der Waals surface area contributed by atoms with Crippen molar-refractivity contribution in [3.8, 4) is 17.0 Å². The normalized spacial score (nSPS) is 10.6. The van der Waals surface area contributed by atoms with Gasteiger partial charge in [-0.05, 0) is 43.5 Å². The number of ether oxygens (including phenoxy) is 1. The second kappa shape index (κ2) is 7.04. The molecule has 0 aliphatic carbocycles. The minimum Gasteiger partial charge on any atom is -0.494 e. The van der Waals surface area contributed by atoms with Crippen LogP contribution in [0.2, 0.25) is 0 Å². The number of hydrogen-bond donors (Lipinski definition) is 0. The highest BCUT2D eigenvalue weighted by atomic mass is 19.1. The molecule has 0 fully saturated rings. The molecular weight excluding hydrogens is 253 g/mol. The summed E-state index contributed by atoms with van der Waals surface area (Å²) < 4.78 is 19.3. The molecule has 0 spiro atoms. The van der Waals surface area contributed by atoms with Gasteiger partial charge in [0.2, 0.25) is 0 Å². The van der Waals surface area contributed by atoms with Crippen LogP contribution in [0.1, 0.15) is 32.3 Å². The van der Waals surface area contributed by atoms with Crippen molar-refractivity contribution in [1.29, 1.82) is 0 Å². The summed E-state index contributed by atoms with van der Waals surface area (Å²) in [7, 11) is 0. The molecule has 1 aromatic carbocycles. The van der Waals surface area contributed by atoms with Gasteiger partial charge < -0.3 is 4.74 Å². The maximum absolute atomic E-state index is 14.0. The Morgan fingerprint density at radius 3 is 2.60 bits per heavy atom. The van der Waals surface area contributed by atoms with E-state index < -0.39 is 0 Å². The number of nitrogens with zero attached hydrogens (tertiary/aromatic N) is 1. The van der Waals surface area contributed by atoms with Gasteiger partial charge in [0.15, 0.2) is 0 Å². The van der Waals surface area contributed by atoms with E-state index in [4.69, 9.17) is 4.74 Å². The van der Waals surface area contributed by atoms with Crippen LogP contribution >= 0.6 is 0 Å². The topological polar surface area (TPSA) is 22.1 Å². The average molecular weight is 273 g/mol. The molecule has 2 aromatic rings. The number of unbranched alkanes of at least 4 members (excludes halogenated alkanes) is 1. The van der Waals surface area contributed by atoms with Crippen molar-refractivity contribution in [2.24, 2.45) is 0 Å². The SMILES string of the molecule is CCCCc1ccc(-c2ccc(OCC)cc2F)nc1. The second-order valence-corrected chi connectivity index (χ2v) is 4.73. The zero-order chi connectivity index (χ0) is 14.4. The number of pyridine rings is 1. The highest BCUT2D eigenvalue weighted by Gasteiger charge is 2.08. The summed E-state index contributed by atoms with van der Waals surface area (Å²) in [6.45, 7) is 4.57. The first-order valence-corrected chi connectivity index (χ1v) is 7.12. The fourth-order valence-electron chi connectivity index (χ4n) is 2.07. The van der Waals surface area contributed by atoms with Crippen LogP contribution in [-0.2, 0) is 6.42 Å². The lowest BCUT2D eigenvalue weighted by Gasteiger charge is -2.07. The van der Waals surface area contributed by atoms with Crippen molar-refractivity contribution < 1.29 is 9.13 Å². The van der Waals surface area contributed by atoms with Gasteiger partial charge in [0.05, 0.1) is 12.3 Å². The summed E-state index contributed by atoms with van der Waals surface area (Å²) >= 11 is 0. The van der Waals surface area contributed by atoms with Crippen LogP contribution in [-0.4, -0.2) is 11.6 Å². The summed E-state index contributed by atoms with van der Waals surface area (Å²) in [6, 6.07) is 8.80. The number of aromatic nitrogens is 1. The van der Waals surface area contributed by atoms with Crippen molar-refractivity contribution in [3.05, 3.63) is 47.9 Å². The van der Waals surface area contributed by atoms with E-state index >= 15 is 0 Å². The Morgan fingerprint density at radius 2 is 2.00 bits per heavy atom. The number of rotatable bonds is 6. The van der Waals surface area contributed by atoms with Crippen LogP contribution in [0, 0.1) is 5.82 Å². The predicted octanol–water partition coefficient (Wildman–Crippen LogP) is 4.63. The maximum atomic E-state index is 14.0. The fraction of sp³-hybridized carbons (Fsp3) is 0.353. The van der Waals surface area contributed by atoms with E-state index in [1.807, 2.05) is 25.3 Å². The molecule has 3 heteroatoms. The molecule has 1 aromatic heterocycles. The van der Waals surface area contributed by atoms with E-state index in [1.165, 1.54) is 11.6 Å². The molecule has 0 N–H and O–H groups in total. The highest BCUT2D eigenvalue weighted by Crippen LogP contribution is 2.25. The molecular formula is C17H20FNO. The summed E-state index contributed by atoms with van der Waals surface area (Å²) in [5, 5.41) is 0. The molecule has 0 saturated carbocycles. The highest BCUT2D eigenvalue weighted by molar-refractivity contribution is 5.61. The number of halogens is 1. The Balaban J connectivity index is 2.18. The van der Waals surface area contributed by atoms with Gasteiger partial charge in [-0.3, -0.25) is 4.98 Å². The molecule has 0 aliphatic rings. The lowest BCUT2D eigenvalue weighted by Crippen LogP contribution is -1.94. The van der Waals surface area contributed by atoms with Gasteiger partial charge in [-0.1, -0.05) is 19.4 Å². The average Bonchev–Trinajstić information content (AvgIpc) is 2.46. The Morgan fingerprint density at radius 1 is 1.15 bits per heavy atom. The predicted molar refractivity (Wildman–Crippen MR) is 79.4 cm³/mol. The Bertz CT molecular complexity index is 551. The van der Waals surface area contributed by atoms with E-state index in [9.17, 15) is 4.39 Å². The largest absolute Gasteiger partial charge is 0.494 e. The zero-order valence-electron chi connectivity index (χ0n) is 12.0. The Kier molecular flexibility index (Phi) is 5.10. The smallest absolute Gasteiger partial charge is 0.136 e. The van der Waals surface area contributed by atoms with Crippen LogP contribution in [0.5, 0.6) is 5.75 Å². The van der Waals surface area contributed by atoms with Crippen molar-refractivity contribution in [2.45, 2.75) is 33.1 Å². The minimum absolute atomic E-state index is 0.301. The summed E-state index contributed by atoms with van der Waals surface area (Å²) in [6.07, 6.45) is 5.17. The molecule has 20 heavy (non-hydrogen) atoms. The molecule has 0 radical (unpaired) electrons. The first kappa shape index (κ1) is 14.5. The van der Waals surface area contributed by atoms with E-state index in [1.54, 1.807) is 12.1 Å². The second-order valence-electron chi connectivity index (χ2n) is 4.73. The molecule has 0 saturated heterocycles. The fourth-order valence-corrected chi connectivity index (χ4v) is 2.07. The molecule has 0 amide bonds. The molecule has 2 nitrogen and oxygen atoms in total. The third-order valence-electron chi connectivity index (χ3n) is 3.17. The monoisotopic (exact) mass is 273 g/mol. The summed E-state index contributed by atoms with van der Waals surface area (Å²) in [5.74, 6) is 0.248. The van der Waals surface area contributed by atoms with Crippen molar-refractivity contribution >= 4 is 0 Å². The van der Waals surface area contributed by atoms with Gasteiger partial charge >= 0.3 is 0 Å². The Hall–Kier alpha value is -1.90. The summed E-state index contributed by atoms with van der Waals surface area (Å²) in [4.78, 5) is 4.36. The van der Waals surface area contributed by atoms with Gasteiger partial charge in [-0.2, -0.15) is 0 Å². The lowest BCUT2D eigenvalue weighted by molar-refractivity contribution is 0.338. The molecule has 0 atom stereocenters. The van der Waals surface area contributed by atoms with E-state index in [0.29, 0.717) is 23.6 Å². The van der Waals surface area contributed by atoms with Crippen LogP contribution in [0.4, 0.5) is 4.39 Å². The van der Waals surface area contributed by atoms with Gasteiger partial charge in [-0.15, -0.1) is 0 Å². The molecule has 0 aliphatic heterocycles. The standard InChI is InChI=1S/C17H20FNO/c1-3-5-6-13-7-10-17(19-12-13)15-9-8-14(20-4-2)11-16(15)18/h7-12H,3-6H2,1-2H3. The van der Waals surface area contributed by atoms with Crippen LogP contribution in [0.15, 0.2) is 36.5 Å². The van der Waals surface area contributed by atoms with Gasteiger partial charge in [0.1, 0.15) is 11.6 Å². The van der Waals surface area contributed by atoms with Gasteiger partial charge in [0, 0.05) is 17.8 Å². The van der Waals surface area contributed by atoms with Crippen LogP contribution in [0.3, 0.4) is 0 Å². The maximum Gasteiger partial charge on any atom is 0.136 e. The third-order valence-corrected chi connectivity index (χ3v) is 3.17. The zero-order valence-corrected chi connectivity index (χ0v) is 12.0. The first-order valence-electron chi connectivity index (χ1n) is 7.12. The Labute approximate surface area is 119 Å². The number of hydrogen-bond acceptors (Lipinski definition) is 2. The quantitative estimate of drug-likeness (QED) is 0.765. The van der Waals surface area contributed by atoms with E-state index in [-0.39, 0.29) is 5.82 Å². The lowest BCUT2D eigenvalue weighted by atomic mass is 10.1. The van der Waals surface area contributed by atoms with Crippen molar-refractivity contribution in [3.63, 3.8) is 0 Å². The number of aryl methyl sites for hydroxylation is 1. The van der Waals surface area contributed by atoms with E-state index in [0.717, 1.165) is 19.3 Å². The van der Waals surface area contributed by atoms with E-state index in [2.05, 4.69) is 11.9 Å². The summed E-state index contributed by atoms with van der Waals surface area (Å²) in [5.41, 5.74) is 2.36. The first-order chi connectivity index (χ1) is 9.74. The third kappa shape index (κ3) is 3.56. The molecule has 0 bridgehead atoms. The molecule has 1 heterocycles. The molecule has 2 rings (SSSR count). The molecule has 0 unspecified atom stereocenters. The van der Waals surface area contributed by atoms with Gasteiger partial charge in [0.25, 0.3) is 0 Å².